The zero-order chi connectivity index (χ0) is 17.6. The van der Waals surface area contributed by atoms with Crippen molar-refractivity contribution in [3.8, 4) is 11.5 Å². The van der Waals surface area contributed by atoms with Crippen LogP contribution in [0.5, 0.6) is 11.5 Å². The average molecular weight is 340 g/mol. The molecule has 0 bridgehead atoms. The number of nitrogens with zero attached hydrogens (tertiary/aromatic N) is 2. The van der Waals surface area contributed by atoms with Gasteiger partial charge >= 0.3 is 6.09 Å². The molecular formula is C17H12N2O6. The van der Waals surface area contributed by atoms with Crippen molar-refractivity contribution in [2.24, 2.45) is 0 Å². The number of amides is 3. The normalized spacial score (nSPS) is 14.5. The summed E-state index contributed by atoms with van der Waals surface area (Å²) < 4.78 is 15.3. The zero-order valence-corrected chi connectivity index (χ0v) is 13.1. The second-order valence-electron chi connectivity index (χ2n) is 5.29. The van der Waals surface area contributed by atoms with Gasteiger partial charge in [0.2, 0.25) is 6.79 Å². The van der Waals surface area contributed by atoms with Gasteiger partial charge in [-0.05, 0) is 24.3 Å². The van der Waals surface area contributed by atoms with Gasteiger partial charge in [0.25, 0.3) is 11.8 Å². The molecule has 0 saturated heterocycles. The van der Waals surface area contributed by atoms with Crippen LogP contribution in [-0.2, 0) is 4.74 Å². The van der Waals surface area contributed by atoms with Gasteiger partial charge in [-0.3, -0.25) is 9.59 Å². The van der Waals surface area contributed by atoms with E-state index < -0.39 is 17.9 Å². The van der Waals surface area contributed by atoms with Crippen molar-refractivity contribution in [3.05, 3.63) is 53.6 Å². The predicted octanol–water partition coefficient (Wildman–Crippen LogP) is 2.20. The van der Waals surface area contributed by atoms with Gasteiger partial charge in [0.15, 0.2) is 11.5 Å². The average Bonchev–Trinajstić information content (AvgIpc) is 3.20. The summed E-state index contributed by atoms with van der Waals surface area (Å²) in [7, 11) is 1.17. The smallest absolute Gasteiger partial charge is 0.433 e. The third kappa shape index (κ3) is 2.18. The SMILES string of the molecule is COC(=O)N(c1ccc2c(c1)OCO2)N1C(=O)c2ccccc2C1=O. The number of hydrazine groups is 1. The van der Waals surface area contributed by atoms with E-state index in [0.717, 1.165) is 10.0 Å². The Hall–Kier alpha value is -3.55. The molecule has 25 heavy (non-hydrogen) atoms. The summed E-state index contributed by atoms with van der Waals surface area (Å²) in [6.45, 7) is 0.0596. The van der Waals surface area contributed by atoms with Crippen LogP contribution in [0.3, 0.4) is 0 Å². The first-order valence-corrected chi connectivity index (χ1v) is 7.37. The van der Waals surface area contributed by atoms with E-state index in [1.54, 1.807) is 18.2 Å². The van der Waals surface area contributed by atoms with Crippen molar-refractivity contribution in [3.63, 3.8) is 0 Å². The van der Waals surface area contributed by atoms with Crippen molar-refractivity contribution >= 4 is 23.6 Å². The molecule has 0 radical (unpaired) electrons. The molecule has 8 heteroatoms. The standard InChI is InChI=1S/C17H12N2O6/c1-23-17(22)18(10-6-7-13-14(8-10)25-9-24-13)19-15(20)11-4-2-3-5-12(11)16(19)21/h2-8H,9H2,1H3. The summed E-state index contributed by atoms with van der Waals surface area (Å²) in [5.74, 6) is -0.300. The minimum atomic E-state index is -0.881. The number of rotatable bonds is 2. The second kappa shape index (κ2) is 5.52. The molecule has 0 aromatic heterocycles. The van der Waals surface area contributed by atoms with Crippen molar-refractivity contribution in [2.75, 3.05) is 18.9 Å². The minimum absolute atomic E-state index is 0.0596. The number of benzene rings is 2. The molecule has 0 N–H and O–H groups in total. The third-order valence-electron chi connectivity index (χ3n) is 3.92. The first kappa shape index (κ1) is 15.0. The lowest BCUT2D eigenvalue weighted by molar-refractivity contribution is 0.0619. The highest BCUT2D eigenvalue weighted by atomic mass is 16.7. The van der Waals surface area contributed by atoms with Crippen molar-refractivity contribution in [1.82, 2.24) is 5.01 Å². The molecule has 2 aliphatic rings. The molecule has 2 aromatic carbocycles. The molecule has 3 amide bonds. The highest BCUT2D eigenvalue weighted by molar-refractivity contribution is 6.23. The zero-order valence-electron chi connectivity index (χ0n) is 13.1. The highest BCUT2D eigenvalue weighted by Gasteiger charge is 2.42. The lowest BCUT2D eigenvalue weighted by atomic mass is 10.1. The van der Waals surface area contributed by atoms with Crippen LogP contribution in [0.1, 0.15) is 20.7 Å². The Bertz CT molecular complexity index is 875. The quantitative estimate of drug-likeness (QED) is 0.779. The van der Waals surface area contributed by atoms with Gasteiger partial charge in [0, 0.05) is 6.07 Å². The second-order valence-corrected chi connectivity index (χ2v) is 5.29. The van der Waals surface area contributed by atoms with E-state index in [0.29, 0.717) is 11.5 Å². The van der Waals surface area contributed by atoms with Crippen LogP contribution in [0.2, 0.25) is 0 Å². The molecule has 2 heterocycles. The number of methoxy groups -OCH3 is 1. The van der Waals surface area contributed by atoms with Gasteiger partial charge in [-0.25, -0.2) is 4.79 Å². The Morgan fingerprint density at radius 2 is 1.68 bits per heavy atom. The molecule has 0 unspecified atom stereocenters. The Morgan fingerprint density at radius 1 is 1.04 bits per heavy atom. The monoisotopic (exact) mass is 340 g/mol. The summed E-state index contributed by atoms with van der Waals surface area (Å²) in [5, 5.41) is 1.64. The molecule has 0 fully saturated rings. The number of hydrogen-bond donors (Lipinski definition) is 0. The van der Waals surface area contributed by atoms with E-state index >= 15 is 0 Å². The number of hydrogen-bond acceptors (Lipinski definition) is 6. The van der Waals surface area contributed by atoms with Gasteiger partial charge in [-0.2, -0.15) is 10.0 Å². The number of fused-ring (bicyclic) bond motifs is 2. The topological polar surface area (TPSA) is 85.4 Å². The van der Waals surface area contributed by atoms with E-state index in [1.807, 2.05) is 0 Å². The maximum absolute atomic E-state index is 12.7. The van der Waals surface area contributed by atoms with E-state index in [1.165, 1.54) is 31.4 Å². The van der Waals surface area contributed by atoms with Crippen molar-refractivity contribution < 1.29 is 28.6 Å². The summed E-state index contributed by atoms with van der Waals surface area (Å²) >= 11 is 0. The molecular weight excluding hydrogens is 328 g/mol. The van der Waals surface area contributed by atoms with E-state index in [2.05, 4.69) is 0 Å². The fourth-order valence-electron chi connectivity index (χ4n) is 2.76. The number of anilines is 1. The van der Waals surface area contributed by atoms with E-state index in [9.17, 15) is 14.4 Å². The van der Waals surface area contributed by atoms with Crippen LogP contribution >= 0.6 is 0 Å². The predicted molar refractivity (Wildman–Crippen MR) is 84.4 cm³/mol. The van der Waals surface area contributed by atoms with Crippen LogP contribution in [0, 0.1) is 0 Å². The van der Waals surface area contributed by atoms with Gasteiger partial charge in [-0.1, -0.05) is 12.1 Å². The Labute approximate surface area is 142 Å². The molecule has 8 nitrogen and oxygen atoms in total. The summed E-state index contributed by atoms with van der Waals surface area (Å²) in [6.07, 6.45) is -0.881. The Morgan fingerprint density at radius 3 is 2.32 bits per heavy atom. The van der Waals surface area contributed by atoms with Gasteiger partial charge in [-0.15, -0.1) is 0 Å². The first-order chi connectivity index (χ1) is 12.1. The molecule has 0 aliphatic carbocycles. The lowest BCUT2D eigenvalue weighted by Crippen LogP contribution is -2.50. The molecule has 126 valence electrons. The van der Waals surface area contributed by atoms with Gasteiger partial charge < -0.3 is 14.2 Å². The molecule has 0 spiro atoms. The summed E-state index contributed by atoms with van der Waals surface area (Å²) in [5.41, 5.74) is 0.690. The first-order valence-electron chi connectivity index (χ1n) is 7.37. The third-order valence-corrected chi connectivity index (χ3v) is 3.92. The fourth-order valence-corrected chi connectivity index (χ4v) is 2.76. The van der Waals surface area contributed by atoms with Gasteiger partial charge in [0.1, 0.15) is 0 Å². The van der Waals surface area contributed by atoms with Crippen LogP contribution in [0.25, 0.3) is 0 Å². The largest absolute Gasteiger partial charge is 0.454 e. The molecule has 0 atom stereocenters. The number of imide groups is 1. The molecule has 2 aliphatic heterocycles. The summed E-state index contributed by atoms with van der Waals surface area (Å²) in [6, 6.07) is 11.0. The molecule has 4 rings (SSSR count). The maximum atomic E-state index is 12.7. The van der Waals surface area contributed by atoms with Crippen molar-refractivity contribution in [2.45, 2.75) is 0 Å². The van der Waals surface area contributed by atoms with Crippen LogP contribution in [0.4, 0.5) is 10.5 Å². The summed E-state index contributed by atoms with van der Waals surface area (Å²) in [4.78, 5) is 37.7. The maximum Gasteiger partial charge on any atom is 0.433 e. The number of ether oxygens (including phenoxy) is 3. The fraction of sp³-hybridized carbons (Fsp3) is 0.118. The molecule has 0 saturated carbocycles. The van der Waals surface area contributed by atoms with Crippen LogP contribution in [0.15, 0.2) is 42.5 Å². The van der Waals surface area contributed by atoms with E-state index in [4.69, 9.17) is 14.2 Å². The number of carbonyl (C=O) groups excluding carboxylic acids is 3. The minimum Gasteiger partial charge on any atom is -0.454 e. The molecule has 2 aromatic rings. The number of carbonyl (C=O) groups is 3. The highest BCUT2D eigenvalue weighted by Crippen LogP contribution is 2.37. The van der Waals surface area contributed by atoms with Crippen molar-refractivity contribution in [1.29, 1.82) is 0 Å². The van der Waals surface area contributed by atoms with E-state index in [-0.39, 0.29) is 23.6 Å². The Kier molecular flexibility index (Phi) is 3.31. The van der Waals surface area contributed by atoms with Gasteiger partial charge in [0.05, 0.1) is 23.9 Å². The van der Waals surface area contributed by atoms with Crippen LogP contribution < -0.4 is 14.5 Å². The Balaban J connectivity index is 1.80. The lowest BCUT2D eigenvalue weighted by Gasteiger charge is -2.28. The van der Waals surface area contributed by atoms with Crippen LogP contribution in [-0.4, -0.2) is 36.8 Å².